The van der Waals surface area contributed by atoms with Crippen LogP contribution < -0.4 is 11.1 Å². The second-order valence-corrected chi connectivity index (χ2v) is 4.52. The Labute approximate surface area is 131 Å². The largest absolute Gasteiger partial charge is 0.466 e. The van der Waals surface area contributed by atoms with E-state index in [4.69, 9.17) is 10.5 Å². The van der Waals surface area contributed by atoms with Gasteiger partial charge in [-0.3, -0.25) is 9.59 Å². The van der Waals surface area contributed by atoms with Crippen LogP contribution in [0.1, 0.15) is 36.9 Å². The van der Waals surface area contributed by atoms with Gasteiger partial charge in [0.2, 0.25) is 5.91 Å². The number of nitrogens with two attached hydrogens (primary N) is 1. The molecular formula is C15H23ClN2O3. The molecule has 0 fully saturated rings. The summed E-state index contributed by atoms with van der Waals surface area (Å²) in [7, 11) is 0. The lowest BCUT2D eigenvalue weighted by Crippen LogP contribution is -2.32. The van der Waals surface area contributed by atoms with Crippen molar-refractivity contribution in [1.29, 1.82) is 0 Å². The van der Waals surface area contributed by atoms with Crippen molar-refractivity contribution in [2.75, 3.05) is 13.2 Å². The number of amides is 1. The molecule has 0 bridgehead atoms. The predicted molar refractivity (Wildman–Crippen MR) is 84.2 cm³/mol. The van der Waals surface area contributed by atoms with Crippen LogP contribution in [-0.2, 0) is 14.3 Å². The molecule has 3 N–H and O–H groups in total. The van der Waals surface area contributed by atoms with Crippen molar-refractivity contribution < 1.29 is 14.3 Å². The lowest BCUT2D eigenvalue weighted by atomic mass is 9.98. The van der Waals surface area contributed by atoms with Crippen LogP contribution in [0.3, 0.4) is 0 Å². The van der Waals surface area contributed by atoms with Crippen molar-refractivity contribution in [1.82, 2.24) is 5.32 Å². The van der Waals surface area contributed by atoms with Gasteiger partial charge in [0.15, 0.2) is 0 Å². The van der Waals surface area contributed by atoms with E-state index in [1.54, 1.807) is 6.92 Å². The molecule has 21 heavy (non-hydrogen) atoms. The van der Waals surface area contributed by atoms with Crippen LogP contribution in [0, 0.1) is 6.92 Å². The highest BCUT2D eigenvalue weighted by Crippen LogP contribution is 2.21. The normalized spacial score (nSPS) is 11.2. The van der Waals surface area contributed by atoms with E-state index in [9.17, 15) is 9.59 Å². The Kier molecular flexibility index (Phi) is 9.41. The summed E-state index contributed by atoms with van der Waals surface area (Å²) in [5, 5.41) is 2.84. The predicted octanol–water partition coefficient (Wildman–Crippen LogP) is 1.88. The first-order chi connectivity index (χ1) is 9.58. The first-order valence-corrected chi connectivity index (χ1v) is 6.79. The molecule has 0 aromatic heterocycles. The van der Waals surface area contributed by atoms with Gasteiger partial charge >= 0.3 is 5.97 Å². The Hall–Kier alpha value is -1.59. The topological polar surface area (TPSA) is 81.4 Å². The second-order valence-electron chi connectivity index (χ2n) is 4.52. The molecule has 6 heteroatoms. The molecule has 0 aliphatic carbocycles. The third-order valence-electron chi connectivity index (χ3n) is 2.95. The molecule has 5 nitrogen and oxygen atoms in total. The van der Waals surface area contributed by atoms with Crippen LogP contribution in [0.15, 0.2) is 24.3 Å². The Morgan fingerprint density at radius 3 is 2.57 bits per heavy atom. The zero-order valence-corrected chi connectivity index (χ0v) is 13.2. The third kappa shape index (κ3) is 6.60. The fourth-order valence-electron chi connectivity index (χ4n) is 2.00. The van der Waals surface area contributed by atoms with Gasteiger partial charge in [-0.05, 0) is 25.0 Å². The monoisotopic (exact) mass is 314 g/mol. The average molecular weight is 315 g/mol. The molecule has 1 aromatic rings. The number of carbonyl (C=O) groups excluding carboxylic acids is 2. The summed E-state index contributed by atoms with van der Waals surface area (Å²) in [6, 6.07) is 7.27. The summed E-state index contributed by atoms with van der Waals surface area (Å²) in [6.45, 7) is 4.32. The van der Waals surface area contributed by atoms with Gasteiger partial charge < -0.3 is 15.8 Å². The van der Waals surface area contributed by atoms with Crippen LogP contribution in [-0.4, -0.2) is 25.0 Å². The molecule has 0 saturated carbocycles. The fourth-order valence-corrected chi connectivity index (χ4v) is 2.00. The van der Waals surface area contributed by atoms with E-state index in [0.29, 0.717) is 6.61 Å². The summed E-state index contributed by atoms with van der Waals surface area (Å²) < 4.78 is 4.96. The van der Waals surface area contributed by atoms with E-state index in [0.717, 1.165) is 11.1 Å². The van der Waals surface area contributed by atoms with Crippen LogP contribution >= 0.6 is 12.4 Å². The highest BCUT2D eigenvalue weighted by molar-refractivity contribution is 5.85. The molecular weight excluding hydrogens is 292 g/mol. The van der Waals surface area contributed by atoms with E-state index >= 15 is 0 Å². The van der Waals surface area contributed by atoms with Gasteiger partial charge in [-0.15, -0.1) is 12.4 Å². The number of esters is 1. The van der Waals surface area contributed by atoms with Gasteiger partial charge in [0, 0.05) is 13.0 Å². The molecule has 1 unspecified atom stereocenters. The molecule has 0 heterocycles. The minimum atomic E-state index is -0.380. The van der Waals surface area contributed by atoms with Crippen molar-refractivity contribution in [3.8, 4) is 0 Å². The SMILES string of the molecule is CCOC(=O)CC(NC(=O)CCN)c1ccccc1C.Cl. The summed E-state index contributed by atoms with van der Waals surface area (Å²) in [4.78, 5) is 23.4. The van der Waals surface area contributed by atoms with Crippen molar-refractivity contribution in [2.24, 2.45) is 5.73 Å². The molecule has 1 aromatic carbocycles. The highest BCUT2D eigenvalue weighted by Gasteiger charge is 2.20. The lowest BCUT2D eigenvalue weighted by Gasteiger charge is -2.20. The summed E-state index contributed by atoms with van der Waals surface area (Å²) in [6.07, 6.45) is 0.361. The minimum absolute atomic E-state index is 0. The standard InChI is InChI=1S/C15H22N2O3.ClH/c1-3-20-15(19)10-13(17-14(18)8-9-16)12-7-5-4-6-11(12)2;/h4-7,13H,3,8-10,16H2,1-2H3,(H,17,18);1H. The maximum atomic E-state index is 11.7. The van der Waals surface area contributed by atoms with Gasteiger partial charge in [-0.1, -0.05) is 24.3 Å². The molecule has 0 spiro atoms. The van der Waals surface area contributed by atoms with Crippen LogP contribution in [0.4, 0.5) is 0 Å². The second kappa shape index (κ2) is 10.2. The van der Waals surface area contributed by atoms with Gasteiger partial charge in [-0.25, -0.2) is 0 Å². The average Bonchev–Trinajstić information content (AvgIpc) is 2.39. The molecule has 1 rings (SSSR count). The number of carbonyl (C=O) groups is 2. The van der Waals surface area contributed by atoms with Crippen LogP contribution in [0.2, 0.25) is 0 Å². The van der Waals surface area contributed by atoms with Crippen molar-refractivity contribution >= 4 is 24.3 Å². The Morgan fingerprint density at radius 2 is 2.00 bits per heavy atom. The van der Waals surface area contributed by atoms with Crippen molar-refractivity contribution in [3.05, 3.63) is 35.4 Å². The summed E-state index contributed by atoms with van der Waals surface area (Å²) in [5.41, 5.74) is 7.32. The number of ether oxygens (including phenoxy) is 1. The third-order valence-corrected chi connectivity index (χ3v) is 2.95. The first-order valence-electron chi connectivity index (χ1n) is 6.79. The van der Waals surface area contributed by atoms with E-state index < -0.39 is 0 Å². The molecule has 0 aliphatic heterocycles. The number of hydrogen-bond donors (Lipinski definition) is 2. The zero-order valence-electron chi connectivity index (χ0n) is 12.4. The molecule has 0 aliphatic rings. The maximum absolute atomic E-state index is 11.7. The molecule has 118 valence electrons. The molecule has 0 saturated heterocycles. The van der Waals surface area contributed by atoms with Crippen molar-refractivity contribution in [3.63, 3.8) is 0 Å². The van der Waals surface area contributed by atoms with Gasteiger partial charge in [0.05, 0.1) is 19.1 Å². The molecule has 0 radical (unpaired) electrons. The fraction of sp³-hybridized carbons (Fsp3) is 0.467. The van der Waals surface area contributed by atoms with Crippen LogP contribution in [0.5, 0.6) is 0 Å². The Balaban J connectivity index is 0.00000400. The van der Waals surface area contributed by atoms with Gasteiger partial charge in [-0.2, -0.15) is 0 Å². The van der Waals surface area contributed by atoms with E-state index in [2.05, 4.69) is 5.32 Å². The number of benzene rings is 1. The van der Waals surface area contributed by atoms with Crippen LogP contribution in [0.25, 0.3) is 0 Å². The number of nitrogens with one attached hydrogen (secondary N) is 1. The van der Waals surface area contributed by atoms with Crippen molar-refractivity contribution in [2.45, 2.75) is 32.7 Å². The lowest BCUT2D eigenvalue weighted by molar-refractivity contribution is -0.143. The number of halogens is 1. The van der Waals surface area contributed by atoms with E-state index in [1.807, 2.05) is 31.2 Å². The Bertz CT molecular complexity index is 446. The summed E-state index contributed by atoms with van der Waals surface area (Å²) >= 11 is 0. The number of hydrogen-bond acceptors (Lipinski definition) is 4. The maximum Gasteiger partial charge on any atom is 0.308 e. The molecule has 1 amide bonds. The Morgan fingerprint density at radius 1 is 1.33 bits per heavy atom. The summed E-state index contributed by atoms with van der Waals surface area (Å²) in [5.74, 6) is -0.487. The number of aryl methyl sites for hydroxylation is 1. The van der Waals surface area contributed by atoms with Gasteiger partial charge in [0.1, 0.15) is 0 Å². The highest BCUT2D eigenvalue weighted by atomic mass is 35.5. The first kappa shape index (κ1) is 19.4. The minimum Gasteiger partial charge on any atom is -0.466 e. The zero-order chi connectivity index (χ0) is 15.0. The quantitative estimate of drug-likeness (QED) is 0.753. The number of rotatable bonds is 7. The van der Waals surface area contributed by atoms with E-state index in [-0.39, 0.29) is 49.7 Å². The van der Waals surface area contributed by atoms with E-state index in [1.165, 1.54) is 0 Å². The smallest absolute Gasteiger partial charge is 0.308 e. The van der Waals surface area contributed by atoms with Gasteiger partial charge in [0.25, 0.3) is 0 Å². The molecule has 1 atom stereocenters.